The van der Waals surface area contributed by atoms with Gasteiger partial charge in [-0.3, -0.25) is 9.48 Å². The quantitative estimate of drug-likeness (QED) is 0.813. The monoisotopic (exact) mass is 223 g/mol. The third-order valence-corrected chi connectivity index (χ3v) is 2.89. The summed E-state index contributed by atoms with van der Waals surface area (Å²) in [5, 5.41) is 6.98. The second-order valence-electron chi connectivity index (χ2n) is 4.14. The predicted octanol–water partition coefficient (Wildman–Crippen LogP) is 0.597. The minimum Gasteiger partial charge on any atom is -0.381 e. The third kappa shape index (κ3) is 2.61. The Bertz CT molecular complexity index is 331. The van der Waals surface area contributed by atoms with Crippen molar-refractivity contribution in [1.29, 1.82) is 0 Å². The lowest BCUT2D eigenvalue weighted by atomic mass is 10.1. The molecule has 0 aromatic carbocycles. The lowest BCUT2D eigenvalue weighted by Gasteiger charge is -2.14. The van der Waals surface area contributed by atoms with E-state index in [-0.39, 0.29) is 11.9 Å². The van der Waals surface area contributed by atoms with E-state index >= 15 is 0 Å². The largest absolute Gasteiger partial charge is 0.381 e. The van der Waals surface area contributed by atoms with Gasteiger partial charge in [0.2, 0.25) is 5.91 Å². The van der Waals surface area contributed by atoms with Gasteiger partial charge in [-0.2, -0.15) is 5.10 Å². The first-order valence-electron chi connectivity index (χ1n) is 5.62. The summed E-state index contributed by atoms with van der Waals surface area (Å²) in [6.45, 7) is 4.11. The van der Waals surface area contributed by atoms with Crippen LogP contribution in [0.2, 0.25) is 0 Å². The van der Waals surface area contributed by atoms with Crippen molar-refractivity contribution in [2.24, 2.45) is 5.92 Å². The van der Waals surface area contributed by atoms with E-state index in [4.69, 9.17) is 4.74 Å². The number of carbonyl (C=O) groups is 1. The molecular weight excluding hydrogens is 206 g/mol. The highest BCUT2D eigenvalue weighted by atomic mass is 16.5. The van der Waals surface area contributed by atoms with Gasteiger partial charge in [0, 0.05) is 31.5 Å². The number of hydrogen-bond acceptors (Lipinski definition) is 3. The number of ether oxygens (including phenoxy) is 1. The lowest BCUT2D eigenvalue weighted by Crippen LogP contribution is -2.34. The Labute approximate surface area is 94.8 Å². The fourth-order valence-electron chi connectivity index (χ4n) is 1.77. The molecule has 1 aliphatic heterocycles. The molecule has 1 N–H and O–H groups in total. The van der Waals surface area contributed by atoms with Crippen molar-refractivity contribution in [2.45, 2.75) is 19.4 Å². The van der Waals surface area contributed by atoms with E-state index < -0.39 is 0 Å². The first kappa shape index (κ1) is 11.1. The van der Waals surface area contributed by atoms with Gasteiger partial charge < -0.3 is 10.1 Å². The maximum absolute atomic E-state index is 11.8. The second kappa shape index (κ2) is 5.12. The number of aromatic nitrogens is 2. The standard InChI is InChI=1S/C11H17N3O2/c1-9(14-5-2-4-13-14)11(15)12-7-10-3-6-16-8-10/h2,4-5,9-10H,3,6-8H2,1H3,(H,12,15)/t9-,10-/m1/s1. The first-order valence-corrected chi connectivity index (χ1v) is 5.62. The zero-order chi connectivity index (χ0) is 11.4. The van der Waals surface area contributed by atoms with Crippen LogP contribution in [-0.2, 0) is 9.53 Å². The van der Waals surface area contributed by atoms with Crippen molar-refractivity contribution in [3.8, 4) is 0 Å². The molecule has 1 aromatic heterocycles. The number of amides is 1. The fraction of sp³-hybridized carbons (Fsp3) is 0.636. The van der Waals surface area contributed by atoms with E-state index in [0.717, 1.165) is 19.6 Å². The number of nitrogens with one attached hydrogen (secondary N) is 1. The maximum atomic E-state index is 11.8. The van der Waals surface area contributed by atoms with Gasteiger partial charge in [-0.25, -0.2) is 0 Å². The number of rotatable bonds is 4. The summed E-state index contributed by atoms with van der Waals surface area (Å²) in [5.41, 5.74) is 0. The van der Waals surface area contributed by atoms with Gasteiger partial charge in [0.15, 0.2) is 0 Å². The molecule has 2 heterocycles. The van der Waals surface area contributed by atoms with Crippen LogP contribution in [0.3, 0.4) is 0 Å². The second-order valence-corrected chi connectivity index (χ2v) is 4.14. The molecule has 0 radical (unpaired) electrons. The molecule has 1 amide bonds. The minimum absolute atomic E-state index is 0.00981. The molecule has 0 saturated carbocycles. The molecule has 1 saturated heterocycles. The van der Waals surface area contributed by atoms with Gasteiger partial charge in [-0.05, 0) is 19.4 Å². The molecule has 1 aromatic rings. The molecule has 0 bridgehead atoms. The Morgan fingerprint density at radius 3 is 3.25 bits per heavy atom. The van der Waals surface area contributed by atoms with Gasteiger partial charge in [0.05, 0.1) is 6.61 Å². The average molecular weight is 223 g/mol. The summed E-state index contributed by atoms with van der Waals surface area (Å²) < 4.78 is 6.91. The lowest BCUT2D eigenvalue weighted by molar-refractivity contribution is -0.124. The Morgan fingerprint density at radius 1 is 1.75 bits per heavy atom. The van der Waals surface area contributed by atoms with Crippen molar-refractivity contribution in [1.82, 2.24) is 15.1 Å². The molecule has 5 heteroatoms. The van der Waals surface area contributed by atoms with Gasteiger partial charge in [-0.1, -0.05) is 0 Å². The Kier molecular flexibility index (Phi) is 3.56. The molecule has 16 heavy (non-hydrogen) atoms. The molecule has 0 unspecified atom stereocenters. The summed E-state index contributed by atoms with van der Waals surface area (Å²) in [4.78, 5) is 11.8. The molecule has 1 fully saturated rings. The zero-order valence-electron chi connectivity index (χ0n) is 9.43. The fourth-order valence-corrected chi connectivity index (χ4v) is 1.77. The first-order chi connectivity index (χ1) is 7.77. The van der Waals surface area contributed by atoms with Crippen LogP contribution < -0.4 is 5.32 Å². The maximum Gasteiger partial charge on any atom is 0.244 e. The van der Waals surface area contributed by atoms with Crippen LogP contribution in [0, 0.1) is 5.92 Å². The van der Waals surface area contributed by atoms with Crippen molar-refractivity contribution >= 4 is 5.91 Å². The molecule has 1 aliphatic rings. The molecule has 5 nitrogen and oxygen atoms in total. The van der Waals surface area contributed by atoms with Gasteiger partial charge in [0.25, 0.3) is 0 Å². The molecule has 0 aliphatic carbocycles. The summed E-state index contributed by atoms with van der Waals surface area (Å²) in [6, 6.07) is 1.56. The van der Waals surface area contributed by atoms with Crippen molar-refractivity contribution in [2.75, 3.05) is 19.8 Å². The van der Waals surface area contributed by atoms with Crippen LogP contribution >= 0.6 is 0 Å². The van der Waals surface area contributed by atoms with E-state index in [1.807, 2.05) is 13.0 Å². The SMILES string of the molecule is C[C@H](C(=O)NC[C@H]1CCOC1)n1cccn1. The highest BCUT2D eigenvalue weighted by Crippen LogP contribution is 2.11. The van der Waals surface area contributed by atoms with E-state index in [9.17, 15) is 4.79 Å². The Hall–Kier alpha value is -1.36. The van der Waals surface area contributed by atoms with Crippen LogP contribution in [-0.4, -0.2) is 35.4 Å². The van der Waals surface area contributed by atoms with Crippen LogP contribution in [0.1, 0.15) is 19.4 Å². The van der Waals surface area contributed by atoms with Gasteiger partial charge in [-0.15, -0.1) is 0 Å². The summed E-state index contributed by atoms with van der Waals surface area (Å²) in [6.07, 6.45) is 4.51. The van der Waals surface area contributed by atoms with Crippen molar-refractivity contribution < 1.29 is 9.53 Å². The van der Waals surface area contributed by atoms with Crippen LogP contribution in [0.4, 0.5) is 0 Å². The van der Waals surface area contributed by atoms with E-state index in [0.29, 0.717) is 12.5 Å². The summed E-state index contributed by atoms with van der Waals surface area (Å²) >= 11 is 0. The third-order valence-electron chi connectivity index (χ3n) is 2.89. The normalized spacial score (nSPS) is 21.9. The summed E-state index contributed by atoms with van der Waals surface area (Å²) in [7, 11) is 0. The van der Waals surface area contributed by atoms with Gasteiger partial charge in [0.1, 0.15) is 6.04 Å². The molecular formula is C11H17N3O2. The van der Waals surface area contributed by atoms with Crippen LogP contribution in [0.25, 0.3) is 0 Å². The van der Waals surface area contributed by atoms with E-state index in [1.165, 1.54) is 0 Å². The Balaban J connectivity index is 1.79. The average Bonchev–Trinajstić information content (AvgIpc) is 2.96. The number of hydrogen-bond donors (Lipinski definition) is 1. The number of nitrogens with zero attached hydrogens (tertiary/aromatic N) is 2. The molecule has 2 rings (SSSR count). The van der Waals surface area contributed by atoms with Crippen molar-refractivity contribution in [3.63, 3.8) is 0 Å². The van der Waals surface area contributed by atoms with Gasteiger partial charge >= 0.3 is 0 Å². The zero-order valence-corrected chi connectivity index (χ0v) is 9.43. The topological polar surface area (TPSA) is 56.1 Å². The highest BCUT2D eigenvalue weighted by molar-refractivity contribution is 5.79. The minimum atomic E-state index is -0.252. The highest BCUT2D eigenvalue weighted by Gasteiger charge is 2.19. The smallest absolute Gasteiger partial charge is 0.244 e. The predicted molar refractivity (Wildman–Crippen MR) is 58.9 cm³/mol. The summed E-state index contributed by atoms with van der Waals surface area (Å²) in [5.74, 6) is 0.476. The molecule has 88 valence electrons. The molecule has 0 spiro atoms. The van der Waals surface area contributed by atoms with Crippen LogP contribution in [0.5, 0.6) is 0 Å². The molecule has 2 atom stereocenters. The van der Waals surface area contributed by atoms with Crippen molar-refractivity contribution in [3.05, 3.63) is 18.5 Å². The Morgan fingerprint density at radius 2 is 2.62 bits per heavy atom. The van der Waals surface area contributed by atoms with E-state index in [1.54, 1.807) is 17.1 Å². The van der Waals surface area contributed by atoms with Crippen LogP contribution in [0.15, 0.2) is 18.5 Å². The number of carbonyl (C=O) groups excluding carboxylic acids is 1. The van der Waals surface area contributed by atoms with E-state index in [2.05, 4.69) is 10.4 Å².